The summed E-state index contributed by atoms with van der Waals surface area (Å²) in [6.07, 6.45) is 0. The number of benzene rings is 2. The monoisotopic (exact) mass is 387 g/mol. The number of hydrogen-bond donors (Lipinski definition) is 1. The van der Waals surface area contributed by atoms with Crippen LogP contribution in [0.4, 0.5) is 16.2 Å². The molecule has 0 atom stereocenters. The summed E-state index contributed by atoms with van der Waals surface area (Å²) in [5, 5.41) is 2.97. The Bertz CT molecular complexity index is 722. The molecule has 0 bridgehead atoms. The van der Waals surface area contributed by atoms with Gasteiger partial charge >= 0.3 is 6.03 Å². The molecule has 1 heterocycles. The van der Waals surface area contributed by atoms with Crippen molar-refractivity contribution in [3.63, 3.8) is 0 Å². The number of amides is 2. The van der Waals surface area contributed by atoms with E-state index in [4.69, 9.17) is 0 Å². The first kappa shape index (κ1) is 16.8. The molecule has 0 unspecified atom stereocenters. The molecule has 0 aliphatic carbocycles. The van der Waals surface area contributed by atoms with Gasteiger partial charge in [0.05, 0.1) is 0 Å². The quantitative estimate of drug-likeness (QED) is 0.827. The topological polar surface area (TPSA) is 35.6 Å². The number of nitrogens with zero attached hydrogens (tertiary/aromatic N) is 2. The highest BCUT2D eigenvalue weighted by atomic mass is 79.9. The maximum Gasteiger partial charge on any atom is 0.321 e. The number of rotatable bonds is 2. The van der Waals surface area contributed by atoms with Crippen LogP contribution >= 0.6 is 15.9 Å². The predicted molar refractivity (Wildman–Crippen MR) is 103 cm³/mol. The van der Waals surface area contributed by atoms with Gasteiger partial charge in [-0.1, -0.05) is 33.6 Å². The summed E-state index contributed by atoms with van der Waals surface area (Å²) < 4.78 is 1.10. The van der Waals surface area contributed by atoms with Gasteiger partial charge in [-0.15, -0.1) is 0 Å². The third-order valence-corrected chi connectivity index (χ3v) is 4.86. The number of piperazine rings is 1. The van der Waals surface area contributed by atoms with E-state index in [0.29, 0.717) is 0 Å². The first-order chi connectivity index (χ1) is 11.5. The van der Waals surface area contributed by atoms with Gasteiger partial charge in [0.25, 0.3) is 0 Å². The Morgan fingerprint density at radius 3 is 2.29 bits per heavy atom. The van der Waals surface area contributed by atoms with Crippen LogP contribution in [0.25, 0.3) is 0 Å². The molecule has 0 aromatic heterocycles. The Kier molecular flexibility index (Phi) is 5.09. The van der Waals surface area contributed by atoms with Crippen LogP contribution in [-0.2, 0) is 0 Å². The van der Waals surface area contributed by atoms with Crippen LogP contribution in [0.1, 0.15) is 11.1 Å². The van der Waals surface area contributed by atoms with Gasteiger partial charge in [-0.25, -0.2) is 4.79 Å². The molecule has 126 valence electrons. The van der Waals surface area contributed by atoms with Gasteiger partial charge in [0, 0.05) is 42.0 Å². The standard InChI is InChI=1S/C19H22BrN3O/c1-14-3-6-17(7-4-14)21-19(24)23-11-9-22(10-12-23)18-8-5-16(20)13-15(18)2/h3-8,13H,9-12H2,1-2H3,(H,21,24). The van der Waals surface area contributed by atoms with E-state index in [1.165, 1.54) is 16.8 Å². The molecular weight excluding hydrogens is 366 g/mol. The summed E-state index contributed by atoms with van der Waals surface area (Å²) in [5.41, 5.74) is 4.53. The lowest BCUT2D eigenvalue weighted by Gasteiger charge is -2.36. The molecule has 2 aromatic carbocycles. The van der Waals surface area contributed by atoms with E-state index in [-0.39, 0.29) is 6.03 Å². The Hall–Kier alpha value is -2.01. The van der Waals surface area contributed by atoms with Crippen LogP contribution in [-0.4, -0.2) is 37.1 Å². The number of carbonyl (C=O) groups is 1. The van der Waals surface area contributed by atoms with Gasteiger partial charge in [-0.2, -0.15) is 0 Å². The van der Waals surface area contributed by atoms with Crippen LogP contribution in [0.2, 0.25) is 0 Å². The summed E-state index contributed by atoms with van der Waals surface area (Å²) in [4.78, 5) is 16.6. The maximum absolute atomic E-state index is 12.4. The molecule has 24 heavy (non-hydrogen) atoms. The van der Waals surface area contributed by atoms with E-state index in [0.717, 1.165) is 36.3 Å². The van der Waals surface area contributed by atoms with Crippen molar-refractivity contribution in [1.82, 2.24) is 4.90 Å². The van der Waals surface area contributed by atoms with Crippen LogP contribution in [0.3, 0.4) is 0 Å². The van der Waals surface area contributed by atoms with Gasteiger partial charge in [0.15, 0.2) is 0 Å². The van der Waals surface area contributed by atoms with Gasteiger partial charge in [-0.3, -0.25) is 0 Å². The fourth-order valence-electron chi connectivity index (χ4n) is 2.96. The summed E-state index contributed by atoms with van der Waals surface area (Å²) >= 11 is 3.51. The minimum absolute atomic E-state index is 0.0222. The lowest BCUT2D eigenvalue weighted by Crippen LogP contribution is -2.50. The van der Waals surface area contributed by atoms with Crippen LogP contribution in [0.15, 0.2) is 46.9 Å². The lowest BCUT2D eigenvalue weighted by atomic mass is 10.1. The highest BCUT2D eigenvalue weighted by molar-refractivity contribution is 9.10. The zero-order valence-electron chi connectivity index (χ0n) is 14.1. The number of carbonyl (C=O) groups excluding carboxylic acids is 1. The molecule has 1 N–H and O–H groups in total. The number of urea groups is 1. The minimum atomic E-state index is -0.0222. The molecule has 0 saturated carbocycles. The smallest absolute Gasteiger partial charge is 0.321 e. The summed E-state index contributed by atoms with van der Waals surface area (Å²) in [6, 6.07) is 14.2. The summed E-state index contributed by atoms with van der Waals surface area (Å²) in [6.45, 7) is 7.32. The second kappa shape index (κ2) is 7.26. The van der Waals surface area contributed by atoms with Gasteiger partial charge < -0.3 is 15.1 Å². The fourth-order valence-corrected chi connectivity index (χ4v) is 3.44. The van der Waals surface area contributed by atoms with Crippen molar-refractivity contribution in [3.05, 3.63) is 58.1 Å². The van der Waals surface area contributed by atoms with Crippen molar-refractivity contribution in [2.75, 3.05) is 36.4 Å². The van der Waals surface area contributed by atoms with Gasteiger partial charge in [0.1, 0.15) is 0 Å². The van der Waals surface area contributed by atoms with Crippen molar-refractivity contribution in [1.29, 1.82) is 0 Å². The van der Waals surface area contributed by atoms with Crippen LogP contribution in [0.5, 0.6) is 0 Å². The van der Waals surface area contributed by atoms with Crippen molar-refractivity contribution in [2.24, 2.45) is 0 Å². The minimum Gasteiger partial charge on any atom is -0.368 e. The van der Waals surface area contributed by atoms with E-state index in [2.05, 4.69) is 51.3 Å². The maximum atomic E-state index is 12.4. The van der Waals surface area contributed by atoms with Gasteiger partial charge in [0.2, 0.25) is 0 Å². The average molecular weight is 388 g/mol. The van der Waals surface area contributed by atoms with Crippen LogP contribution in [0, 0.1) is 13.8 Å². The second-order valence-electron chi connectivity index (χ2n) is 6.20. The lowest BCUT2D eigenvalue weighted by molar-refractivity contribution is 0.208. The molecule has 3 rings (SSSR count). The second-order valence-corrected chi connectivity index (χ2v) is 7.12. The average Bonchev–Trinajstić information content (AvgIpc) is 2.57. The van der Waals surface area contributed by atoms with Crippen molar-refractivity contribution in [3.8, 4) is 0 Å². The van der Waals surface area contributed by atoms with Crippen LogP contribution < -0.4 is 10.2 Å². The zero-order chi connectivity index (χ0) is 17.1. The van der Waals surface area contributed by atoms with E-state index in [9.17, 15) is 4.79 Å². The normalized spacial score (nSPS) is 14.6. The van der Waals surface area contributed by atoms with E-state index in [1.807, 2.05) is 36.1 Å². The van der Waals surface area contributed by atoms with E-state index >= 15 is 0 Å². The number of hydrogen-bond acceptors (Lipinski definition) is 2. The molecule has 1 aliphatic heterocycles. The SMILES string of the molecule is Cc1ccc(NC(=O)N2CCN(c3ccc(Br)cc3C)CC2)cc1. The molecule has 2 aromatic rings. The highest BCUT2D eigenvalue weighted by Crippen LogP contribution is 2.25. The molecular formula is C19H22BrN3O. The van der Waals surface area contributed by atoms with E-state index in [1.54, 1.807) is 0 Å². The molecule has 4 nitrogen and oxygen atoms in total. The van der Waals surface area contributed by atoms with Crippen molar-refractivity contribution < 1.29 is 4.79 Å². The summed E-state index contributed by atoms with van der Waals surface area (Å²) in [7, 11) is 0. The fraction of sp³-hybridized carbons (Fsp3) is 0.316. The highest BCUT2D eigenvalue weighted by Gasteiger charge is 2.22. The largest absolute Gasteiger partial charge is 0.368 e. The Labute approximate surface area is 151 Å². The number of nitrogens with one attached hydrogen (secondary N) is 1. The number of halogens is 1. The summed E-state index contributed by atoms with van der Waals surface area (Å²) in [5.74, 6) is 0. The van der Waals surface area contributed by atoms with Crippen molar-refractivity contribution in [2.45, 2.75) is 13.8 Å². The number of aryl methyl sites for hydroxylation is 2. The first-order valence-corrected chi connectivity index (χ1v) is 8.96. The Balaban J connectivity index is 1.58. The molecule has 1 fully saturated rings. The third-order valence-electron chi connectivity index (χ3n) is 4.37. The molecule has 1 saturated heterocycles. The Morgan fingerprint density at radius 1 is 1.00 bits per heavy atom. The van der Waals surface area contributed by atoms with Crippen molar-refractivity contribution >= 4 is 33.3 Å². The van der Waals surface area contributed by atoms with E-state index < -0.39 is 0 Å². The zero-order valence-corrected chi connectivity index (χ0v) is 15.6. The third kappa shape index (κ3) is 3.90. The molecule has 5 heteroatoms. The van der Waals surface area contributed by atoms with Gasteiger partial charge in [-0.05, 0) is 49.7 Å². The molecule has 0 radical (unpaired) electrons. The molecule has 1 aliphatic rings. The Morgan fingerprint density at radius 2 is 1.67 bits per heavy atom. The number of anilines is 2. The predicted octanol–water partition coefficient (Wildman–Crippen LogP) is 4.42. The molecule has 0 spiro atoms. The molecule has 2 amide bonds. The first-order valence-electron chi connectivity index (χ1n) is 8.16.